The van der Waals surface area contributed by atoms with Crippen molar-refractivity contribution in [2.75, 3.05) is 19.3 Å². The molecule has 1 heterocycles. The summed E-state index contributed by atoms with van der Waals surface area (Å²) < 4.78 is 23.4. The molecule has 6 heteroatoms. The molecule has 0 aromatic carbocycles. The lowest BCUT2D eigenvalue weighted by Gasteiger charge is -2.37. The fraction of sp³-hybridized carbons (Fsp3) is 0.938. The molecule has 4 unspecified atom stereocenters. The highest BCUT2D eigenvalue weighted by molar-refractivity contribution is 7.92. The number of hydrogen-bond acceptors (Lipinski definition) is 4. The predicted octanol–water partition coefficient (Wildman–Crippen LogP) is 1.09. The smallest absolute Gasteiger partial charge is 0.241 e. The van der Waals surface area contributed by atoms with Crippen molar-refractivity contribution < 1.29 is 13.2 Å². The van der Waals surface area contributed by atoms with Gasteiger partial charge in [0.25, 0.3) is 0 Å². The van der Waals surface area contributed by atoms with Crippen molar-refractivity contribution in [1.29, 1.82) is 0 Å². The third-order valence-electron chi connectivity index (χ3n) is 6.33. The van der Waals surface area contributed by atoms with Gasteiger partial charge >= 0.3 is 0 Å². The summed E-state index contributed by atoms with van der Waals surface area (Å²) in [5.74, 6) is 1.81. The molecule has 4 atom stereocenters. The van der Waals surface area contributed by atoms with Gasteiger partial charge < -0.3 is 10.6 Å². The molecular weight excluding hydrogens is 300 g/mol. The summed E-state index contributed by atoms with van der Waals surface area (Å²) in [6, 6.07) is 0.0799. The van der Waals surface area contributed by atoms with Crippen LogP contribution >= 0.6 is 0 Å². The lowest BCUT2D eigenvalue weighted by Crippen LogP contribution is -2.59. The number of hydrogen-bond donors (Lipinski definition) is 2. The lowest BCUT2D eigenvalue weighted by atomic mass is 9.83. The molecule has 1 aliphatic heterocycles. The van der Waals surface area contributed by atoms with E-state index in [9.17, 15) is 13.2 Å². The van der Waals surface area contributed by atoms with Gasteiger partial charge in [0.1, 0.15) is 0 Å². The van der Waals surface area contributed by atoms with Crippen LogP contribution in [0.1, 0.15) is 45.4 Å². The Hall–Kier alpha value is -0.620. The molecule has 2 saturated carbocycles. The van der Waals surface area contributed by atoms with Crippen molar-refractivity contribution in [1.82, 2.24) is 10.6 Å². The van der Waals surface area contributed by atoms with Gasteiger partial charge in [-0.1, -0.05) is 6.42 Å². The van der Waals surface area contributed by atoms with E-state index in [2.05, 4.69) is 17.6 Å². The van der Waals surface area contributed by atoms with Crippen LogP contribution in [0.2, 0.25) is 0 Å². The zero-order valence-electron chi connectivity index (χ0n) is 13.6. The van der Waals surface area contributed by atoms with Crippen molar-refractivity contribution in [3.8, 4) is 0 Å². The highest BCUT2D eigenvalue weighted by Gasteiger charge is 2.50. The highest BCUT2D eigenvalue weighted by Crippen LogP contribution is 2.49. The first-order valence-electron chi connectivity index (χ1n) is 8.55. The first-order chi connectivity index (χ1) is 10.3. The Morgan fingerprint density at radius 2 is 1.91 bits per heavy atom. The van der Waals surface area contributed by atoms with E-state index in [1.54, 1.807) is 0 Å². The summed E-state index contributed by atoms with van der Waals surface area (Å²) in [6.07, 6.45) is 7.06. The first kappa shape index (κ1) is 16.2. The molecule has 0 radical (unpaired) electrons. The Balaban J connectivity index is 1.71. The summed E-state index contributed by atoms with van der Waals surface area (Å²) >= 11 is 0. The van der Waals surface area contributed by atoms with Crippen LogP contribution in [0.15, 0.2) is 0 Å². The van der Waals surface area contributed by atoms with Crippen LogP contribution in [0.5, 0.6) is 0 Å². The molecule has 126 valence electrons. The topological polar surface area (TPSA) is 75.3 Å². The minimum atomic E-state index is -3.42. The molecule has 2 bridgehead atoms. The van der Waals surface area contributed by atoms with Gasteiger partial charge in [0.05, 0.1) is 0 Å². The maximum absolute atomic E-state index is 12.8. The number of carbonyl (C=O) groups excluding carboxylic acids is 1. The Morgan fingerprint density at radius 1 is 1.23 bits per heavy atom. The Morgan fingerprint density at radius 3 is 2.41 bits per heavy atom. The maximum Gasteiger partial charge on any atom is 0.241 e. The summed E-state index contributed by atoms with van der Waals surface area (Å²) in [5, 5.41) is 6.23. The fourth-order valence-electron chi connectivity index (χ4n) is 4.95. The van der Waals surface area contributed by atoms with E-state index < -0.39 is 14.6 Å². The number of carbonyl (C=O) groups is 1. The monoisotopic (exact) mass is 328 g/mol. The van der Waals surface area contributed by atoms with E-state index in [1.165, 1.54) is 31.9 Å². The molecule has 0 aromatic heterocycles. The molecule has 22 heavy (non-hydrogen) atoms. The largest absolute Gasteiger partial charge is 0.352 e. The standard InChI is InChI=1S/C16H28N2O3S/c1-11(14-10-12-3-4-13(14)9-12)18-15(19)16(22(2,20)21)5-7-17-8-6-16/h11-14,17H,3-10H2,1-2H3,(H,18,19). The maximum atomic E-state index is 12.8. The number of piperidine rings is 1. The van der Waals surface area contributed by atoms with E-state index in [0.717, 1.165) is 11.8 Å². The number of rotatable bonds is 4. The van der Waals surface area contributed by atoms with Crippen LogP contribution in [-0.4, -0.2) is 44.5 Å². The summed E-state index contributed by atoms with van der Waals surface area (Å²) in [6.45, 7) is 3.23. The number of amides is 1. The average Bonchev–Trinajstić information content (AvgIpc) is 3.09. The number of fused-ring (bicyclic) bond motifs is 2. The van der Waals surface area contributed by atoms with Crippen molar-refractivity contribution in [2.45, 2.75) is 56.2 Å². The second kappa shape index (κ2) is 5.78. The average molecular weight is 328 g/mol. The lowest BCUT2D eigenvalue weighted by molar-refractivity contribution is -0.125. The molecule has 2 aliphatic carbocycles. The zero-order chi connectivity index (χ0) is 16.0. The van der Waals surface area contributed by atoms with Gasteiger partial charge in [-0.05, 0) is 69.9 Å². The first-order valence-corrected chi connectivity index (χ1v) is 10.4. The molecule has 1 saturated heterocycles. The summed E-state index contributed by atoms with van der Waals surface area (Å²) in [7, 11) is -3.42. The van der Waals surface area contributed by atoms with E-state index >= 15 is 0 Å². The van der Waals surface area contributed by atoms with E-state index in [0.29, 0.717) is 31.8 Å². The molecule has 2 N–H and O–H groups in total. The van der Waals surface area contributed by atoms with Crippen LogP contribution in [0, 0.1) is 17.8 Å². The van der Waals surface area contributed by atoms with Gasteiger partial charge in [0.15, 0.2) is 14.6 Å². The molecule has 0 aromatic rings. The second-order valence-electron chi connectivity index (χ2n) is 7.62. The van der Waals surface area contributed by atoms with Crippen LogP contribution in [0.25, 0.3) is 0 Å². The Labute approximate surface area is 133 Å². The Bertz CT molecular complexity index is 540. The van der Waals surface area contributed by atoms with E-state index in [4.69, 9.17) is 0 Å². The predicted molar refractivity (Wildman–Crippen MR) is 86.2 cm³/mol. The molecule has 3 aliphatic rings. The third kappa shape index (κ3) is 2.68. The van der Waals surface area contributed by atoms with Gasteiger partial charge in [-0.25, -0.2) is 8.42 Å². The second-order valence-corrected chi connectivity index (χ2v) is 9.94. The number of sulfone groups is 1. The number of nitrogens with one attached hydrogen (secondary N) is 2. The molecule has 3 fully saturated rings. The normalized spacial score (nSPS) is 35.3. The summed E-state index contributed by atoms with van der Waals surface area (Å²) in [5.41, 5.74) is 0. The SMILES string of the molecule is CC(NC(=O)C1(S(C)(=O)=O)CCNCC1)C1CC2CCC1C2. The quantitative estimate of drug-likeness (QED) is 0.810. The van der Waals surface area contributed by atoms with Crippen molar-refractivity contribution in [2.24, 2.45) is 17.8 Å². The van der Waals surface area contributed by atoms with Gasteiger partial charge in [-0.3, -0.25) is 4.79 Å². The van der Waals surface area contributed by atoms with Crippen molar-refractivity contribution in [3.63, 3.8) is 0 Å². The minimum absolute atomic E-state index is 0.0799. The molecule has 0 spiro atoms. The zero-order valence-corrected chi connectivity index (χ0v) is 14.4. The van der Waals surface area contributed by atoms with Crippen molar-refractivity contribution >= 4 is 15.7 Å². The van der Waals surface area contributed by atoms with E-state index in [1.807, 2.05) is 0 Å². The van der Waals surface area contributed by atoms with Gasteiger partial charge in [0, 0.05) is 12.3 Å². The van der Waals surface area contributed by atoms with E-state index in [-0.39, 0.29) is 11.9 Å². The van der Waals surface area contributed by atoms with Gasteiger partial charge in [0.2, 0.25) is 5.91 Å². The summed E-state index contributed by atoms with van der Waals surface area (Å²) in [4.78, 5) is 12.8. The molecule has 1 amide bonds. The van der Waals surface area contributed by atoms with Crippen LogP contribution < -0.4 is 10.6 Å². The minimum Gasteiger partial charge on any atom is -0.352 e. The van der Waals surface area contributed by atoms with Crippen LogP contribution in [-0.2, 0) is 14.6 Å². The van der Waals surface area contributed by atoms with Crippen molar-refractivity contribution in [3.05, 3.63) is 0 Å². The molecule has 5 nitrogen and oxygen atoms in total. The molecular formula is C16H28N2O3S. The molecule has 3 rings (SSSR count). The van der Waals surface area contributed by atoms with Gasteiger partial charge in [-0.2, -0.15) is 0 Å². The fourth-order valence-corrected chi connectivity index (χ4v) is 6.29. The third-order valence-corrected chi connectivity index (χ3v) is 8.34. The highest BCUT2D eigenvalue weighted by atomic mass is 32.2. The Kier molecular flexibility index (Phi) is 4.27. The van der Waals surface area contributed by atoms with Crippen LogP contribution in [0.4, 0.5) is 0 Å². The van der Waals surface area contributed by atoms with Crippen LogP contribution in [0.3, 0.4) is 0 Å². The van der Waals surface area contributed by atoms with Gasteiger partial charge in [-0.15, -0.1) is 0 Å².